The number of ether oxygens (including phenoxy) is 1. The number of anilines is 1. The molecule has 3 rings (SSSR count). The highest BCUT2D eigenvalue weighted by atomic mass is 79.9. The van der Waals surface area contributed by atoms with Gasteiger partial charge in [0.2, 0.25) is 0 Å². The molecule has 0 fully saturated rings. The Hall–Kier alpha value is -3.00. The minimum Gasteiger partial charge on any atom is -0.451 e. The summed E-state index contributed by atoms with van der Waals surface area (Å²) in [5, 5.41) is 9.08. The molecule has 0 atom stereocenters. The molecule has 0 bridgehead atoms. The predicted octanol–water partition coefficient (Wildman–Crippen LogP) is 3.77. The number of rotatable bonds is 5. The number of nitrogens with zero attached hydrogens (tertiary/aromatic N) is 1. The van der Waals surface area contributed by atoms with E-state index in [1.807, 2.05) is 24.3 Å². The van der Waals surface area contributed by atoms with E-state index in [1.165, 1.54) is 30.3 Å². The van der Waals surface area contributed by atoms with Gasteiger partial charge in [-0.25, -0.2) is 9.18 Å². The summed E-state index contributed by atoms with van der Waals surface area (Å²) in [7, 11) is 0. The normalized spacial score (nSPS) is 10.4. The number of hydrogen-bond donors (Lipinski definition) is 2. The molecule has 6 nitrogen and oxygen atoms in total. The lowest BCUT2D eigenvalue weighted by atomic mass is 10.1. The lowest BCUT2D eigenvalue weighted by Crippen LogP contribution is -2.21. The van der Waals surface area contributed by atoms with Crippen molar-refractivity contribution in [2.45, 2.75) is 0 Å². The first-order valence-corrected chi connectivity index (χ1v) is 8.34. The molecule has 2 aromatic carbocycles. The maximum atomic E-state index is 13.1. The topological polar surface area (TPSA) is 84.1 Å². The van der Waals surface area contributed by atoms with Gasteiger partial charge in [0.15, 0.2) is 6.61 Å². The van der Waals surface area contributed by atoms with Crippen molar-refractivity contribution in [1.82, 2.24) is 10.2 Å². The second kappa shape index (κ2) is 7.92. The van der Waals surface area contributed by atoms with Crippen LogP contribution in [0.2, 0.25) is 0 Å². The van der Waals surface area contributed by atoms with Crippen molar-refractivity contribution in [3.05, 3.63) is 70.6 Å². The molecule has 0 aliphatic carbocycles. The Morgan fingerprint density at radius 3 is 2.65 bits per heavy atom. The molecule has 26 heavy (non-hydrogen) atoms. The minimum atomic E-state index is -0.713. The molecule has 0 saturated carbocycles. The van der Waals surface area contributed by atoms with Gasteiger partial charge in [-0.2, -0.15) is 5.10 Å². The van der Waals surface area contributed by atoms with Gasteiger partial charge in [-0.1, -0.05) is 34.1 Å². The first kappa shape index (κ1) is 17.8. The molecule has 1 aromatic heterocycles. The maximum absolute atomic E-state index is 13.1. The number of H-pyrrole nitrogens is 1. The van der Waals surface area contributed by atoms with Crippen molar-refractivity contribution >= 4 is 33.5 Å². The zero-order valence-corrected chi connectivity index (χ0v) is 14.9. The molecule has 132 valence electrons. The lowest BCUT2D eigenvalue weighted by molar-refractivity contribution is -0.119. The maximum Gasteiger partial charge on any atom is 0.356 e. The van der Waals surface area contributed by atoms with Crippen LogP contribution >= 0.6 is 15.9 Å². The molecular weight excluding hydrogens is 405 g/mol. The summed E-state index contributed by atoms with van der Waals surface area (Å²) in [6.45, 7) is -0.498. The third-order valence-corrected chi connectivity index (χ3v) is 3.91. The Balaban J connectivity index is 1.56. The van der Waals surface area contributed by atoms with Crippen LogP contribution in [0.15, 0.2) is 59.1 Å². The van der Waals surface area contributed by atoms with Gasteiger partial charge >= 0.3 is 5.97 Å². The third-order valence-electron chi connectivity index (χ3n) is 3.38. The van der Waals surface area contributed by atoms with Gasteiger partial charge in [0.05, 0.1) is 5.69 Å². The van der Waals surface area contributed by atoms with Gasteiger partial charge in [0.1, 0.15) is 11.5 Å². The van der Waals surface area contributed by atoms with Crippen LogP contribution in [0, 0.1) is 5.82 Å². The van der Waals surface area contributed by atoms with Gasteiger partial charge in [-0.05, 0) is 36.4 Å². The third kappa shape index (κ3) is 4.54. The number of aromatic nitrogens is 2. The average molecular weight is 418 g/mol. The van der Waals surface area contributed by atoms with Gasteiger partial charge in [0.25, 0.3) is 5.91 Å². The van der Waals surface area contributed by atoms with Gasteiger partial charge < -0.3 is 10.1 Å². The van der Waals surface area contributed by atoms with Crippen molar-refractivity contribution < 1.29 is 18.7 Å². The minimum absolute atomic E-state index is 0.126. The number of esters is 1. The molecule has 2 N–H and O–H groups in total. The van der Waals surface area contributed by atoms with Gasteiger partial charge in [-0.3, -0.25) is 9.89 Å². The van der Waals surface area contributed by atoms with E-state index in [2.05, 4.69) is 31.4 Å². The molecule has 0 spiro atoms. The zero-order valence-electron chi connectivity index (χ0n) is 13.3. The summed E-state index contributed by atoms with van der Waals surface area (Å²) >= 11 is 3.35. The molecule has 0 saturated heterocycles. The quantitative estimate of drug-likeness (QED) is 0.618. The average Bonchev–Trinajstić information content (AvgIpc) is 3.10. The van der Waals surface area contributed by atoms with E-state index < -0.39 is 24.3 Å². The summed E-state index contributed by atoms with van der Waals surface area (Å²) in [5.74, 6) is -1.76. The molecule has 3 aromatic rings. The largest absolute Gasteiger partial charge is 0.451 e. The van der Waals surface area contributed by atoms with Crippen LogP contribution in [0.5, 0.6) is 0 Å². The molecule has 1 amide bonds. The van der Waals surface area contributed by atoms with Crippen LogP contribution in [-0.2, 0) is 9.53 Å². The Labute approximate surface area is 156 Å². The Bertz CT molecular complexity index is 941. The molecule has 0 aliphatic heterocycles. The van der Waals surface area contributed by atoms with Gasteiger partial charge in [0, 0.05) is 15.7 Å². The van der Waals surface area contributed by atoms with E-state index in [0.717, 1.165) is 10.0 Å². The second-order valence-electron chi connectivity index (χ2n) is 5.31. The van der Waals surface area contributed by atoms with Crippen molar-refractivity contribution in [3.63, 3.8) is 0 Å². The van der Waals surface area contributed by atoms with Crippen molar-refractivity contribution in [2.24, 2.45) is 0 Å². The fourth-order valence-corrected chi connectivity index (χ4v) is 2.43. The van der Waals surface area contributed by atoms with Crippen LogP contribution in [0.1, 0.15) is 10.5 Å². The molecule has 8 heteroatoms. The molecule has 0 unspecified atom stereocenters. The van der Waals surface area contributed by atoms with E-state index >= 15 is 0 Å². The first-order valence-electron chi connectivity index (χ1n) is 7.55. The number of nitrogens with one attached hydrogen (secondary N) is 2. The number of hydrogen-bond acceptors (Lipinski definition) is 4. The van der Waals surface area contributed by atoms with Crippen LogP contribution in [-0.4, -0.2) is 28.7 Å². The Morgan fingerprint density at radius 2 is 1.92 bits per heavy atom. The number of carbonyl (C=O) groups is 2. The van der Waals surface area contributed by atoms with E-state index in [-0.39, 0.29) is 11.4 Å². The highest BCUT2D eigenvalue weighted by Crippen LogP contribution is 2.20. The highest BCUT2D eigenvalue weighted by molar-refractivity contribution is 9.10. The number of carbonyl (C=O) groups excluding carboxylic acids is 2. The zero-order chi connectivity index (χ0) is 18.5. The lowest BCUT2D eigenvalue weighted by Gasteiger charge is -2.05. The monoisotopic (exact) mass is 417 g/mol. The predicted molar refractivity (Wildman–Crippen MR) is 97.0 cm³/mol. The Kier molecular flexibility index (Phi) is 5.43. The second-order valence-corrected chi connectivity index (χ2v) is 6.22. The number of aromatic amines is 1. The SMILES string of the molecule is O=C(COC(=O)c1cc(-c2ccc(Br)cc2)n[nH]1)Nc1cccc(F)c1. The number of halogens is 2. The van der Waals surface area contributed by atoms with Crippen LogP contribution in [0.4, 0.5) is 10.1 Å². The first-order chi connectivity index (χ1) is 12.5. The fraction of sp³-hybridized carbons (Fsp3) is 0.0556. The smallest absolute Gasteiger partial charge is 0.356 e. The molecule has 0 aliphatic rings. The van der Waals surface area contributed by atoms with Crippen LogP contribution in [0.25, 0.3) is 11.3 Å². The summed E-state index contributed by atoms with van der Waals surface area (Å²) in [6.07, 6.45) is 0. The molecule has 0 radical (unpaired) electrons. The van der Waals surface area contributed by atoms with Crippen LogP contribution < -0.4 is 5.32 Å². The van der Waals surface area contributed by atoms with E-state index in [1.54, 1.807) is 0 Å². The standard InChI is InChI=1S/C18H13BrFN3O3/c19-12-6-4-11(5-7-12)15-9-16(23-22-15)18(25)26-10-17(24)21-14-3-1-2-13(20)8-14/h1-9H,10H2,(H,21,24)(H,22,23). The number of amides is 1. The molecular formula is C18H13BrFN3O3. The van der Waals surface area contributed by atoms with Crippen molar-refractivity contribution in [3.8, 4) is 11.3 Å². The fourth-order valence-electron chi connectivity index (χ4n) is 2.17. The summed E-state index contributed by atoms with van der Waals surface area (Å²) in [4.78, 5) is 23.8. The van der Waals surface area contributed by atoms with Gasteiger partial charge in [-0.15, -0.1) is 0 Å². The van der Waals surface area contributed by atoms with Crippen molar-refractivity contribution in [2.75, 3.05) is 11.9 Å². The molecule has 1 heterocycles. The highest BCUT2D eigenvalue weighted by Gasteiger charge is 2.14. The summed E-state index contributed by atoms with van der Waals surface area (Å²) < 4.78 is 18.9. The van der Waals surface area contributed by atoms with E-state index in [4.69, 9.17) is 4.74 Å². The van der Waals surface area contributed by atoms with Crippen LogP contribution in [0.3, 0.4) is 0 Å². The summed E-state index contributed by atoms with van der Waals surface area (Å²) in [6, 6.07) is 14.4. The number of benzene rings is 2. The summed E-state index contributed by atoms with van der Waals surface area (Å²) in [5.41, 5.74) is 1.81. The van der Waals surface area contributed by atoms with Crippen molar-refractivity contribution in [1.29, 1.82) is 0 Å². The van der Waals surface area contributed by atoms with E-state index in [0.29, 0.717) is 5.69 Å². The Morgan fingerprint density at radius 1 is 1.15 bits per heavy atom. The van der Waals surface area contributed by atoms with E-state index in [9.17, 15) is 14.0 Å².